The van der Waals surface area contributed by atoms with Gasteiger partial charge in [0.1, 0.15) is 5.58 Å². The third-order valence-electron chi connectivity index (χ3n) is 5.95. The smallest absolute Gasteiger partial charge is 0.309 e. The number of Topliss-reactive ketones (excluding diaryl/α,β-unsaturated/α-hetero) is 1. The minimum atomic E-state index is -3.61. The lowest BCUT2D eigenvalue weighted by molar-refractivity contribution is -0.148. The molecule has 4 rings (SSSR count). The van der Waals surface area contributed by atoms with Crippen LogP contribution in [-0.4, -0.2) is 44.2 Å². The van der Waals surface area contributed by atoms with Crippen LogP contribution in [0.5, 0.6) is 0 Å². The van der Waals surface area contributed by atoms with Gasteiger partial charge in [0.2, 0.25) is 15.8 Å². The van der Waals surface area contributed by atoms with Crippen molar-refractivity contribution in [2.45, 2.75) is 31.6 Å². The number of nitrogens with zero attached hydrogens (tertiary/aromatic N) is 1. The summed E-state index contributed by atoms with van der Waals surface area (Å²) >= 11 is 0. The van der Waals surface area contributed by atoms with Crippen LogP contribution in [0.25, 0.3) is 11.0 Å². The van der Waals surface area contributed by atoms with Crippen LogP contribution in [0.4, 0.5) is 0 Å². The Hall–Kier alpha value is -2.97. The van der Waals surface area contributed by atoms with Crippen molar-refractivity contribution in [1.82, 2.24) is 4.31 Å². The van der Waals surface area contributed by atoms with Crippen molar-refractivity contribution in [1.29, 1.82) is 0 Å². The van der Waals surface area contributed by atoms with E-state index in [1.807, 2.05) is 32.0 Å². The second-order valence-corrected chi connectivity index (χ2v) is 10.0. The summed E-state index contributed by atoms with van der Waals surface area (Å²) in [5.41, 5.74) is 2.54. The summed E-state index contributed by atoms with van der Waals surface area (Å²) in [5, 5.41) is 0.805. The molecule has 1 fully saturated rings. The number of rotatable bonds is 6. The third-order valence-corrected chi connectivity index (χ3v) is 7.84. The van der Waals surface area contributed by atoms with Crippen LogP contribution in [0, 0.1) is 19.8 Å². The Labute approximate surface area is 187 Å². The van der Waals surface area contributed by atoms with Gasteiger partial charge in [0, 0.05) is 18.5 Å². The van der Waals surface area contributed by atoms with Crippen molar-refractivity contribution >= 4 is 32.7 Å². The predicted octanol–water partition coefficient (Wildman–Crippen LogP) is 3.88. The van der Waals surface area contributed by atoms with E-state index in [9.17, 15) is 18.0 Å². The highest BCUT2D eigenvalue weighted by atomic mass is 32.2. The number of ether oxygens (including phenoxy) is 1. The van der Waals surface area contributed by atoms with Gasteiger partial charge in [-0.2, -0.15) is 4.31 Å². The maximum absolute atomic E-state index is 12.9. The number of sulfonamides is 1. The minimum absolute atomic E-state index is 0.147. The number of hydrogen-bond acceptors (Lipinski definition) is 6. The lowest BCUT2D eigenvalue weighted by Gasteiger charge is -2.30. The molecule has 0 aliphatic carbocycles. The standard InChI is InChI=1S/C24H25NO6S/c1-16-7-8-20(13-17(16)2)32(28,29)25-11-9-18(10-12-25)24(27)30-15-21(26)23-14-19-5-3-4-6-22(19)31-23/h3-8,13-14,18H,9-12,15H2,1-2H3. The monoisotopic (exact) mass is 455 g/mol. The SMILES string of the molecule is Cc1ccc(S(=O)(=O)N2CCC(C(=O)OCC(=O)c3cc4ccccc4o3)CC2)cc1C. The van der Waals surface area contributed by atoms with Gasteiger partial charge >= 0.3 is 5.97 Å². The molecule has 2 heterocycles. The van der Waals surface area contributed by atoms with E-state index < -0.39 is 34.3 Å². The second kappa shape index (κ2) is 8.88. The number of aryl methyl sites for hydroxylation is 2. The van der Waals surface area contributed by atoms with Crippen molar-refractivity contribution < 1.29 is 27.2 Å². The van der Waals surface area contributed by atoms with Crippen molar-refractivity contribution in [3.63, 3.8) is 0 Å². The third kappa shape index (κ3) is 4.47. The lowest BCUT2D eigenvalue weighted by Crippen LogP contribution is -2.40. The van der Waals surface area contributed by atoms with E-state index >= 15 is 0 Å². The number of piperidine rings is 1. The first-order chi connectivity index (χ1) is 15.3. The van der Waals surface area contributed by atoms with Crippen molar-refractivity contribution in [3.05, 3.63) is 65.4 Å². The molecule has 8 heteroatoms. The summed E-state index contributed by atoms with van der Waals surface area (Å²) in [6.07, 6.45) is 0.698. The Morgan fingerprint density at radius 1 is 1.03 bits per heavy atom. The van der Waals surface area contributed by atoms with Gasteiger partial charge in [-0.25, -0.2) is 8.42 Å². The maximum Gasteiger partial charge on any atom is 0.309 e. The summed E-state index contributed by atoms with van der Waals surface area (Å²) in [4.78, 5) is 25.0. The molecule has 0 N–H and O–H groups in total. The minimum Gasteiger partial charge on any atom is -0.457 e. The van der Waals surface area contributed by atoms with Crippen LogP contribution < -0.4 is 0 Å². The highest BCUT2D eigenvalue weighted by Gasteiger charge is 2.33. The van der Waals surface area contributed by atoms with E-state index in [0.717, 1.165) is 16.5 Å². The molecule has 0 radical (unpaired) electrons. The van der Waals surface area contributed by atoms with E-state index in [1.54, 1.807) is 30.3 Å². The van der Waals surface area contributed by atoms with Gasteiger partial charge < -0.3 is 9.15 Å². The molecule has 0 amide bonds. The summed E-state index contributed by atoms with van der Waals surface area (Å²) < 4.78 is 38.0. The molecular formula is C24H25NO6S. The summed E-state index contributed by atoms with van der Waals surface area (Å²) in [7, 11) is -3.61. The van der Waals surface area contributed by atoms with Crippen LogP contribution in [0.15, 0.2) is 57.8 Å². The predicted molar refractivity (Wildman–Crippen MR) is 119 cm³/mol. The Bertz CT molecular complexity index is 1240. The van der Waals surface area contributed by atoms with Crippen LogP contribution in [0.2, 0.25) is 0 Å². The zero-order valence-corrected chi connectivity index (χ0v) is 18.9. The Kier molecular flexibility index (Phi) is 6.17. The van der Waals surface area contributed by atoms with E-state index in [1.165, 1.54) is 4.31 Å². The molecule has 168 valence electrons. The molecule has 1 saturated heterocycles. The summed E-state index contributed by atoms with van der Waals surface area (Å²) in [5.74, 6) is -1.19. The average Bonchev–Trinajstić information content (AvgIpc) is 3.23. The first-order valence-corrected chi connectivity index (χ1v) is 12.0. The molecule has 1 aliphatic heterocycles. The Morgan fingerprint density at radius 2 is 1.75 bits per heavy atom. The van der Waals surface area contributed by atoms with Gasteiger partial charge in [0.15, 0.2) is 12.4 Å². The van der Waals surface area contributed by atoms with Crippen molar-refractivity contribution in [2.24, 2.45) is 5.92 Å². The fourth-order valence-electron chi connectivity index (χ4n) is 3.80. The van der Waals surface area contributed by atoms with Gasteiger partial charge in [0.05, 0.1) is 10.8 Å². The number of furan rings is 1. The van der Waals surface area contributed by atoms with E-state index in [0.29, 0.717) is 18.4 Å². The highest BCUT2D eigenvalue weighted by molar-refractivity contribution is 7.89. The number of esters is 1. The van der Waals surface area contributed by atoms with Gasteiger partial charge in [-0.1, -0.05) is 24.3 Å². The summed E-state index contributed by atoms with van der Waals surface area (Å²) in [6, 6.07) is 14.0. The number of carbonyl (C=O) groups is 2. The first-order valence-electron chi connectivity index (χ1n) is 10.5. The first kappa shape index (κ1) is 22.2. The molecule has 0 spiro atoms. The molecule has 0 bridgehead atoms. The largest absolute Gasteiger partial charge is 0.457 e. The van der Waals surface area contributed by atoms with E-state index in [-0.39, 0.29) is 23.7 Å². The topological polar surface area (TPSA) is 93.9 Å². The molecule has 1 aromatic heterocycles. The number of para-hydroxylation sites is 1. The molecule has 32 heavy (non-hydrogen) atoms. The number of fused-ring (bicyclic) bond motifs is 1. The fourth-order valence-corrected chi connectivity index (χ4v) is 5.36. The number of carbonyl (C=O) groups excluding carboxylic acids is 2. The van der Waals surface area contributed by atoms with Gasteiger partial charge in [-0.3, -0.25) is 9.59 Å². The molecular weight excluding hydrogens is 430 g/mol. The zero-order valence-electron chi connectivity index (χ0n) is 18.0. The van der Waals surface area contributed by atoms with Gasteiger partial charge in [0.25, 0.3) is 0 Å². The van der Waals surface area contributed by atoms with Crippen molar-refractivity contribution in [2.75, 3.05) is 19.7 Å². The van der Waals surface area contributed by atoms with Crippen LogP contribution in [0.3, 0.4) is 0 Å². The second-order valence-electron chi connectivity index (χ2n) is 8.10. The lowest BCUT2D eigenvalue weighted by atomic mass is 9.98. The van der Waals surface area contributed by atoms with Gasteiger partial charge in [-0.05, 0) is 62.1 Å². The number of benzene rings is 2. The number of hydrogen-bond donors (Lipinski definition) is 0. The summed E-state index contributed by atoms with van der Waals surface area (Å²) in [6.45, 7) is 3.87. The average molecular weight is 456 g/mol. The molecule has 0 unspecified atom stereocenters. The molecule has 1 aliphatic rings. The fraction of sp³-hybridized carbons (Fsp3) is 0.333. The van der Waals surface area contributed by atoms with Crippen LogP contribution >= 0.6 is 0 Å². The number of ketones is 1. The quantitative estimate of drug-likeness (QED) is 0.414. The van der Waals surface area contributed by atoms with Crippen LogP contribution in [0.1, 0.15) is 34.5 Å². The van der Waals surface area contributed by atoms with Gasteiger partial charge in [-0.15, -0.1) is 0 Å². The highest BCUT2D eigenvalue weighted by Crippen LogP contribution is 2.26. The Balaban J connectivity index is 1.32. The zero-order chi connectivity index (χ0) is 22.9. The molecule has 0 atom stereocenters. The van der Waals surface area contributed by atoms with E-state index in [2.05, 4.69) is 0 Å². The van der Waals surface area contributed by atoms with E-state index in [4.69, 9.17) is 9.15 Å². The molecule has 0 saturated carbocycles. The Morgan fingerprint density at radius 3 is 2.44 bits per heavy atom. The maximum atomic E-state index is 12.9. The molecule has 2 aromatic carbocycles. The molecule has 7 nitrogen and oxygen atoms in total. The van der Waals surface area contributed by atoms with Crippen molar-refractivity contribution in [3.8, 4) is 0 Å². The molecule has 3 aromatic rings. The van der Waals surface area contributed by atoms with Crippen LogP contribution in [-0.2, 0) is 19.6 Å². The normalized spacial score (nSPS) is 15.7.